The number of rotatable bonds is 5. The van der Waals surface area contributed by atoms with E-state index in [0.717, 1.165) is 19.6 Å². The Morgan fingerprint density at radius 1 is 1.05 bits per heavy atom. The van der Waals surface area contributed by atoms with Crippen molar-refractivity contribution in [2.75, 3.05) is 19.6 Å². The van der Waals surface area contributed by atoms with E-state index >= 15 is 0 Å². The molecule has 0 radical (unpaired) electrons. The standard InChI is InChI=1S/C15H20N2O2/c1-4-16(5-2)10-11(3)17-14(18)12-8-6-7-9-13(12)15(17)19/h6-9,11H,4-5,10H2,1-3H3/p+1/t11-/m0/s1. The van der Waals surface area contributed by atoms with Crippen LogP contribution in [0.1, 0.15) is 41.5 Å². The molecule has 1 heterocycles. The Balaban J connectivity index is 2.19. The highest BCUT2D eigenvalue weighted by molar-refractivity contribution is 6.21. The molecule has 0 saturated heterocycles. The molecule has 0 spiro atoms. The molecule has 1 atom stereocenters. The van der Waals surface area contributed by atoms with Gasteiger partial charge in [0.15, 0.2) is 0 Å². The first kappa shape index (κ1) is 13.7. The van der Waals surface area contributed by atoms with Gasteiger partial charge in [0.25, 0.3) is 11.8 Å². The number of quaternary nitrogens is 1. The maximum Gasteiger partial charge on any atom is 0.262 e. The maximum atomic E-state index is 12.3. The van der Waals surface area contributed by atoms with Crippen molar-refractivity contribution in [2.45, 2.75) is 26.8 Å². The second kappa shape index (κ2) is 5.53. The first-order chi connectivity index (χ1) is 9.10. The minimum absolute atomic E-state index is 0.0673. The zero-order chi connectivity index (χ0) is 14.0. The molecule has 1 aliphatic rings. The molecule has 0 aliphatic carbocycles. The fraction of sp³-hybridized carbons (Fsp3) is 0.467. The van der Waals surface area contributed by atoms with E-state index in [1.54, 1.807) is 24.3 Å². The lowest BCUT2D eigenvalue weighted by molar-refractivity contribution is -0.897. The van der Waals surface area contributed by atoms with E-state index in [1.165, 1.54) is 9.80 Å². The first-order valence-electron chi connectivity index (χ1n) is 6.90. The van der Waals surface area contributed by atoms with Crippen molar-refractivity contribution < 1.29 is 14.5 Å². The molecule has 4 nitrogen and oxygen atoms in total. The van der Waals surface area contributed by atoms with Crippen LogP contribution in [0.4, 0.5) is 0 Å². The number of carbonyl (C=O) groups is 2. The predicted octanol–water partition coefficient (Wildman–Crippen LogP) is 0.596. The molecule has 1 aromatic rings. The number of likely N-dealkylation sites (N-methyl/N-ethyl adjacent to an activating group) is 1. The Hall–Kier alpha value is -1.68. The highest BCUT2D eigenvalue weighted by Gasteiger charge is 2.39. The van der Waals surface area contributed by atoms with Crippen LogP contribution in [0.25, 0.3) is 0 Å². The number of benzene rings is 1. The molecule has 0 aromatic heterocycles. The molecular weight excluding hydrogens is 240 g/mol. The molecule has 0 unspecified atom stereocenters. The third-order valence-corrected chi connectivity index (χ3v) is 3.85. The van der Waals surface area contributed by atoms with E-state index < -0.39 is 0 Å². The van der Waals surface area contributed by atoms with Crippen LogP contribution < -0.4 is 4.90 Å². The maximum absolute atomic E-state index is 12.3. The van der Waals surface area contributed by atoms with Gasteiger partial charge < -0.3 is 4.90 Å². The summed E-state index contributed by atoms with van der Waals surface area (Å²) in [6.45, 7) is 9.00. The van der Waals surface area contributed by atoms with Crippen molar-refractivity contribution in [1.29, 1.82) is 0 Å². The van der Waals surface area contributed by atoms with E-state index in [0.29, 0.717) is 11.1 Å². The average molecular weight is 261 g/mol. The van der Waals surface area contributed by atoms with Gasteiger partial charge in [0.2, 0.25) is 0 Å². The summed E-state index contributed by atoms with van der Waals surface area (Å²) in [5, 5.41) is 0. The highest BCUT2D eigenvalue weighted by atomic mass is 16.2. The molecule has 1 aromatic carbocycles. The van der Waals surface area contributed by atoms with Crippen LogP contribution in [0.2, 0.25) is 0 Å². The van der Waals surface area contributed by atoms with Gasteiger partial charge in [0.05, 0.1) is 36.8 Å². The third kappa shape index (κ3) is 2.40. The molecule has 0 fully saturated rings. The van der Waals surface area contributed by atoms with Crippen molar-refractivity contribution in [3.05, 3.63) is 35.4 Å². The van der Waals surface area contributed by atoms with Crippen LogP contribution in [0.5, 0.6) is 0 Å². The molecule has 0 bridgehead atoms. The number of nitrogens with zero attached hydrogens (tertiary/aromatic N) is 1. The summed E-state index contributed by atoms with van der Waals surface area (Å²) in [6.07, 6.45) is 0. The molecule has 1 N–H and O–H groups in total. The van der Waals surface area contributed by atoms with Crippen molar-refractivity contribution >= 4 is 11.8 Å². The molecular formula is C15H21N2O2+. The number of nitrogens with one attached hydrogen (secondary N) is 1. The minimum atomic E-state index is -0.153. The summed E-state index contributed by atoms with van der Waals surface area (Å²) >= 11 is 0. The van der Waals surface area contributed by atoms with Gasteiger partial charge in [-0.3, -0.25) is 14.5 Å². The van der Waals surface area contributed by atoms with Gasteiger partial charge in [-0.25, -0.2) is 0 Å². The lowest BCUT2D eigenvalue weighted by Gasteiger charge is -2.26. The largest absolute Gasteiger partial charge is 0.334 e. The summed E-state index contributed by atoms with van der Waals surface area (Å²) < 4.78 is 0. The molecule has 1 aliphatic heterocycles. The number of amides is 2. The van der Waals surface area contributed by atoms with Gasteiger partial charge in [0.1, 0.15) is 0 Å². The Bertz CT molecular complexity index is 460. The normalized spacial score (nSPS) is 16.1. The zero-order valence-corrected chi connectivity index (χ0v) is 11.8. The molecule has 0 saturated carbocycles. The lowest BCUT2D eigenvalue weighted by atomic mass is 10.1. The van der Waals surface area contributed by atoms with Gasteiger partial charge in [-0.05, 0) is 32.9 Å². The fourth-order valence-corrected chi connectivity index (χ4v) is 2.66. The van der Waals surface area contributed by atoms with Gasteiger partial charge in [0, 0.05) is 0 Å². The summed E-state index contributed by atoms with van der Waals surface area (Å²) in [4.78, 5) is 27.4. The SMILES string of the molecule is CC[NH+](CC)C[C@H](C)N1C(=O)c2ccccc2C1=O. The predicted molar refractivity (Wildman–Crippen MR) is 73.3 cm³/mol. The zero-order valence-electron chi connectivity index (χ0n) is 11.8. The van der Waals surface area contributed by atoms with E-state index in [4.69, 9.17) is 0 Å². The number of fused-ring (bicyclic) bond motifs is 1. The molecule has 4 heteroatoms. The number of imide groups is 1. The summed E-state index contributed by atoms with van der Waals surface area (Å²) in [5.74, 6) is -0.306. The van der Waals surface area contributed by atoms with Crippen LogP contribution in [0.3, 0.4) is 0 Å². The van der Waals surface area contributed by atoms with Crippen molar-refractivity contribution in [2.24, 2.45) is 0 Å². The number of hydrogen-bond donors (Lipinski definition) is 1. The number of hydrogen-bond acceptors (Lipinski definition) is 2. The van der Waals surface area contributed by atoms with Crippen LogP contribution in [-0.4, -0.2) is 42.4 Å². The second-order valence-electron chi connectivity index (χ2n) is 5.04. The van der Waals surface area contributed by atoms with Gasteiger partial charge >= 0.3 is 0 Å². The molecule has 2 rings (SSSR count). The van der Waals surface area contributed by atoms with Crippen molar-refractivity contribution in [3.63, 3.8) is 0 Å². The van der Waals surface area contributed by atoms with E-state index in [2.05, 4.69) is 13.8 Å². The Labute approximate surface area is 114 Å². The quantitative estimate of drug-likeness (QED) is 0.789. The monoisotopic (exact) mass is 261 g/mol. The van der Waals surface area contributed by atoms with E-state index in [-0.39, 0.29) is 17.9 Å². The summed E-state index contributed by atoms with van der Waals surface area (Å²) in [7, 11) is 0. The summed E-state index contributed by atoms with van der Waals surface area (Å²) in [6, 6.07) is 6.99. The van der Waals surface area contributed by atoms with Crippen LogP contribution in [-0.2, 0) is 0 Å². The van der Waals surface area contributed by atoms with E-state index in [9.17, 15) is 9.59 Å². The minimum Gasteiger partial charge on any atom is -0.334 e. The van der Waals surface area contributed by atoms with Crippen LogP contribution >= 0.6 is 0 Å². The first-order valence-corrected chi connectivity index (χ1v) is 6.90. The highest BCUT2D eigenvalue weighted by Crippen LogP contribution is 2.23. The summed E-state index contributed by atoms with van der Waals surface area (Å²) in [5.41, 5.74) is 1.07. The molecule has 19 heavy (non-hydrogen) atoms. The van der Waals surface area contributed by atoms with Crippen molar-refractivity contribution in [3.8, 4) is 0 Å². The lowest BCUT2D eigenvalue weighted by Crippen LogP contribution is -3.12. The van der Waals surface area contributed by atoms with Crippen LogP contribution in [0, 0.1) is 0 Å². The van der Waals surface area contributed by atoms with Crippen LogP contribution in [0.15, 0.2) is 24.3 Å². The topological polar surface area (TPSA) is 41.8 Å². The smallest absolute Gasteiger partial charge is 0.262 e. The van der Waals surface area contributed by atoms with Gasteiger partial charge in [-0.15, -0.1) is 0 Å². The van der Waals surface area contributed by atoms with Crippen molar-refractivity contribution in [1.82, 2.24) is 4.90 Å². The Morgan fingerprint density at radius 2 is 1.53 bits per heavy atom. The molecule has 102 valence electrons. The van der Waals surface area contributed by atoms with Gasteiger partial charge in [-0.1, -0.05) is 12.1 Å². The fourth-order valence-electron chi connectivity index (χ4n) is 2.66. The second-order valence-corrected chi connectivity index (χ2v) is 5.04. The van der Waals surface area contributed by atoms with Gasteiger partial charge in [-0.2, -0.15) is 0 Å². The van der Waals surface area contributed by atoms with E-state index in [1.807, 2.05) is 6.92 Å². The third-order valence-electron chi connectivity index (χ3n) is 3.85. The molecule has 2 amide bonds. The number of carbonyl (C=O) groups excluding carboxylic acids is 2. The Morgan fingerprint density at radius 3 is 1.95 bits per heavy atom. The average Bonchev–Trinajstić information content (AvgIpc) is 2.69. The Kier molecular flexibility index (Phi) is 4.00.